The molecular weight excluding hydrogens is 262 g/mol. The van der Waals surface area contributed by atoms with E-state index in [9.17, 15) is 9.59 Å². The van der Waals surface area contributed by atoms with E-state index in [0.29, 0.717) is 24.0 Å². The third-order valence-corrected chi connectivity index (χ3v) is 3.75. The molecule has 3 nitrogen and oxygen atoms in total. The average molecular weight is 279 g/mol. The Labute approximate surface area is 124 Å². The van der Waals surface area contributed by atoms with Gasteiger partial charge in [0.05, 0.1) is 0 Å². The van der Waals surface area contributed by atoms with Gasteiger partial charge in [-0.3, -0.25) is 9.59 Å². The van der Waals surface area contributed by atoms with Crippen LogP contribution in [0.2, 0.25) is 0 Å². The number of aryl methyl sites for hydroxylation is 3. The molecule has 1 aliphatic rings. The van der Waals surface area contributed by atoms with Crippen LogP contribution in [0.15, 0.2) is 36.4 Å². The monoisotopic (exact) mass is 279 g/mol. The first-order valence-electron chi connectivity index (χ1n) is 7.09. The van der Waals surface area contributed by atoms with Crippen LogP contribution in [0.3, 0.4) is 0 Å². The lowest BCUT2D eigenvalue weighted by Crippen LogP contribution is -2.19. The van der Waals surface area contributed by atoms with E-state index < -0.39 is 0 Å². The molecular formula is C18H17NO2. The highest BCUT2D eigenvalue weighted by Gasteiger charge is 2.17. The zero-order valence-electron chi connectivity index (χ0n) is 12.2. The first-order chi connectivity index (χ1) is 10.0. The molecule has 0 saturated carbocycles. The van der Waals surface area contributed by atoms with Crippen LogP contribution < -0.4 is 5.32 Å². The summed E-state index contributed by atoms with van der Waals surface area (Å²) >= 11 is 0. The lowest BCUT2D eigenvalue weighted by Gasteiger charge is -2.17. The summed E-state index contributed by atoms with van der Waals surface area (Å²) in [6.45, 7) is 3.98. The number of carbonyl (C=O) groups excluding carboxylic acids is 2. The van der Waals surface area contributed by atoms with Gasteiger partial charge in [-0.15, -0.1) is 0 Å². The molecule has 0 spiro atoms. The van der Waals surface area contributed by atoms with Crippen molar-refractivity contribution in [2.45, 2.75) is 26.7 Å². The van der Waals surface area contributed by atoms with Gasteiger partial charge in [-0.1, -0.05) is 17.2 Å². The van der Waals surface area contributed by atoms with Crippen molar-refractivity contribution < 1.29 is 9.59 Å². The fraction of sp³-hybridized carbons (Fsp3) is 0.222. The molecule has 2 aromatic carbocycles. The number of amides is 1. The van der Waals surface area contributed by atoms with Gasteiger partial charge in [-0.05, 0) is 56.2 Å². The SMILES string of the molecule is Cc1cc(C)cc(C(=O)c2ccc3c(c2)CCC(=O)N3)c1. The van der Waals surface area contributed by atoms with E-state index in [4.69, 9.17) is 0 Å². The molecule has 0 aliphatic carbocycles. The minimum Gasteiger partial charge on any atom is -0.326 e. The molecule has 0 atom stereocenters. The molecule has 1 heterocycles. The van der Waals surface area contributed by atoms with Crippen LogP contribution in [0.1, 0.15) is 39.0 Å². The molecule has 0 bridgehead atoms. The lowest BCUT2D eigenvalue weighted by molar-refractivity contribution is -0.116. The van der Waals surface area contributed by atoms with E-state index >= 15 is 0 Å². The fourth-order valence-corrected chi connectivity index (χ4v) is 2.80. The molecule has 21 heavy (non-hydrogen) atoms. The maximum atomic E-state index is 12.6. The Kier molecular flexibility index (Phi) is 3.34. The van der Waals surface area contributed by atoms with Crippen molar-refractivity contribution in [3.8, 4) is 0 Å². The van der Waals surface area contributed by atoms with Gasteiger partial charge in [-0.25, -0.2) is 0 Å². The number of rotatable bonds is 2. The van der Waals surface area contributed by atoms with Gasteiger partial charge in [0, 0.05) is 23.2 Å². The standard InChI is InChI=1S/C18H17NO2/c1-11-7-12(2)9-15(8-11)18(21)14-3-5-16-13(10-14)4-6-17(20)19-16/h3,5,7-10H,4,6H2,1-2H3,(H,19,20). The van der Waals surface area contributed by atoms with Gasteiger partial charge in [0.2, 0.25) is 5.91 Å². The van der Waals surface area contributed by atoms with Gasteiger partial charge in [0.1, 0.15) is 0 Å². The van der Waals surface area contributed by atoms with Crippen LogP contribution in [0.25, 0.3) is 0 Å². The molecule has 0 aromatic heterocycles. The summed E-state index contributed by atoms with van der Waals surface area (Å²) in [6, 6.07) is 11.4. The number of fused-ring (bicyclic) bond motifs is 1. The number of hydrogen-bond acceptors (Lipinski definition) is 2. The van der Waals surface area contributed by atoms with E-state index in [-0.39, 0.29) is 11.7 Å². The predicted octanol–water partition coefficient (Wildman–Crippen LogP) is 3.42. The predicted molar refractivity (Wildman–Crippen MR) is 82.7 cm³/mol. The molecule has 0 saturated heterocycles. The second-order valence-corrected chi connectivity index (χ2v) is 5.63. The highest BCUT2D eigenvalue weighted by Crippen LogP contribution is 2.25. The second-order valence-electron chi connectivity index (χ2n) is 5.63. The van der Waals surface area contributed by atoms with Crippen LogP contribution in [-0.2, 0) is 11.2 Å². The molecule has 1 aliphatic heterocycles. The Morgan fingerprint density at radius 1 is 0.952 bits per heavy atom. The van der Waals surface area contributed by atoms with Crippen LogP contribution in [0.4, 0.5) is 5.69 Å². The third-order valence-electron chi connectivity index (χ3n) is 3.75. The molecule has 1 amide bonds. The number of ketones is 1. The summed E-state index contributed by atoms with van der Waals surface area (Å²) in [4.78, 5) is 24.0. The summed E-state index contributed by atoms with van der Waals surface area (Å²) in [7, 11) is 0. The highest BCUT2D eigenvalue weighted by atomic mass is 16.1. The van der Waals surface area contributed by atoms with Crippen molar-refractivity contribution >= 4 is 17.4 Å². The molecule has 1 N–H and O–H groups in total. The normalized spacial score (nSPS) is 13.5. The summed E-state index contributed by atoms with van der Waals surface area (Å²) < 4.78 is 0. The Hall–Kier alpha value is -2.42. The van der Waals surface area contributed by atoms with Crippen LogP contribution >= 0.6 is 0 Å². The number of anilines is 1. The third kappa shape index (κ3) is 2.72. The first-order valence-corrected chi connectivity index (χ1v) is 7.09. The maximum absolute atomic E-state index is 12.6. The molecule has 0 radical (unpaired) electrons. The Balaban J connectivity index is 1.97. The fourth-order valence-electron chi connectivity index (χ4n) is 2.80. The van der Waals surface area contributed by atoms with E-state index in [1.807, 2.05) is 38.1 Å². The van der Waals surface area contributed by atoms with Crippen LogP contribution in [-0.4, -0.2) is 11.7 Å². The topological polar surface area (TPSA) is 46.2 Å². The highest BCUT2D eigenvalue weighted by molar-refractivity contribution is 6.09. The van der Waals surface area contributed by atoms with Gasteiger partial charge < -0.3 is 5.32 Å². The number of nitrogens with one attached hydrogen (secondary N) is 1. The van der Waals surface area contributed by atoms with E-state index in [1.165, 1.54) is 0 Å². The maximum Gasteiger partial charge on any atom is 0.224 e. The van der Waals surface area contributed by atoms with E-state index in [0.717, 1.165) is 22.4 Å². The summed E-state index contributed by atoms with van der Waals surface area (Å²) in [5, 5.41) is 2.83. The van der Waals surface area contributed by atoms with Gasteiger partial charge in [-0.2, -0.15) is 0 Å². The van der Waals surface area contributed by atoms with Crippen molar-refractivity contribution in [2.24, 2.45) is 0 Å². The summed E-state index contributed by atoms with van der Waals surface area (Å²) in [6.07, 6.45) is 1.17. The Morgan fingerprint density at radius 2 is 1.67 bits per heavy atom. The number of carbonyl (C=O) groups is 2. The molecule has 0 fully saturated rings. The molecule has 3 rings (SSSR count). The number of benzene rings is 2. The van der Waals surface area contributed by atoms with Crippen molar-refractivity contribution in [3.63, 3.8) is 0 Å². The van der Waals surface area contributed by atoms with Gasteiger partial charge >= 0.3 is 0 Å². The first kappa shape index (κ1) is 13.6. The molecule has 3 heteroatoms. The zero-order chi connectivity index (χ0) is 15.0. The second kappa shape index (κ2) is 5.17. The van der Waals surface area contributed by atoms with Crippen molar-refractivity contribution in [2.75, 3.05) is 5.32 Å². The minimum absolute atomic E-state index is 0.0292. The Bertz CT molecular complexity index is 727. The van der Waals surface area contributed by atoms with E-state index in [2.05, 4.69) is 11.4 Å². The largest absolute Gasteiger partial charge is 0.326 e. The lowest BCUT2D eigenvalue weighted by atomic mass is 9.95. The van der Waals surface area contributed by atoms with Crippen molar-refractivity contribution in [1.29, 1.82) is 0 Å². The quantitative estimate of drug-likeness (QED) is 0.856. The molecule has 106 valence electrons. The number of hydrogen-bond donors (Lipinski definition) is 1. The zero-order valence-corrected chi connectivity index (χ0v) is 12.2. The smallest absolute Gasteiger partial charge is 0.224 e. The van der Waals surface area contributed by atoms with E-state index in [1.54, 1.807) is 6.07 Å². The van der Waals surface area contributed by atoms with Gasteiger partial charge in [0.25, 0.3) is 0 Å². The average Bonchev–Trinajstić information content (AvgIpc) is 2.45. The summed E-state index contributed by atoms with van der Waals surface area (Å²) in [5.74, 6) is 0.0670. The Morgan fingerprint density at radius 3 is 2.38 bits per heavy atom. The van der Waals surface area contributed by atoms with Crippen LogP contribution in [0, 0.1) is 13.8 Å². The molecule has 0 unspecified atom stereocenters. The van der Waals surface area contributed by atoms with Crippen molar-refractivity contribution in [1.82, 2.24) is 0 Å². The van der Waals surface area contributed by atoms with Crippen molar-refractivity contribution in [3.05, 3.63) is 64.2 Å². The summed E-state index contributed by atoms with van der Waals surface area (Å²) in [5.41, 5.74) is 5.42. The van der Waals surface area contributed by atoms with Gasteiger partial charge in [0.15, 0.2) is 5.78 Å². The minimum atomic E-state index is 0.0292. The van der Waals surface area contributed by atoms with Crippen LogP contribution in [0.5, 0.6) is 0 Å². The molecule has 2 aromatic rings.